The second kappa shape index (κ2) is 12.1. The van der Waals surface area contributed by atoms with E-state index in [1.807, 2.05) is 26.0 Å². The highest BCUT2D eigenvalue weighted by atomic mass is 35.5. The normalized spacial score (nSPS) is 14.5. The molecule has 41 heavy (non-hydrogen) atoms. The number of carbonyl (C=O) groups excluding carboxylic acids is 1. The second-order valence-corrected chi connectivity index (χ2v) is 10.7. The lowest BCUT2D eigenvalue weighted by molar-refractivity contribution is -0.132. The maximum atomic E-state index is 14.9. The van der Waals surface area contributed by atoms with E-state index in [4.69, 9.17) is 11.6 Å². The van der Waals surface area contributed by atoms with Crippen LogP contribution in [0.1, 0.15) is 20.8 Å². The Morgan fingerprint density at radius 1 is 1.15 bits per heavy atom. The van der Waals surface area contributed by atoms with E-state index in [1.54, 1.807) is 24.0 Å². The number of phenols is 1. The van der Waals surface area contributed by atoms with Crippen molar-refractivity contribution in [2.75, 3.05) is 13.1 Å². The number of likely N-dealkylation sites (tertiary alicyclic amines) is 1. The third kappa shape index (κ3) is 6.10. The molecule has 1 aromatic heterocycles. The molecule has 0 bridgehead atoms. The third-order valence-corrected chi connectivity index (χ3v) is 7.10. The maximum Gasteiger partial charge on any atom is 0.321 e. The molecule has 7 nitrogen and oxygen atoms in total. The number of nitrogens with zero attached hydrogens (tertiary/aromatic N) is 3. The lowest BCUT2D eigenvalue weighted by Gasteiger charge is -2.39. The number of aromatic nitrogens is 2. The maximum absolute atomic E-state index is 14.9. The average Bonchev–Trinajstić information content (AvgIpc) is 2.90. The number of rotatable bonds is 8. The molecule has 0 aliphatic carbocycles. The monoisotopic (exact) mass is 581 g/mol. The van der Waals surface area contributed by atoms with Crippen LogP contribution in [0.4, 0.5) is 8.78 Å². The van der Waals surface area contributed by atoms with Crippen molar-refractivity contribution in [3.8, 4) is 16.9 Å². The predicted molar refractivity (Wildman–Crippen MR) is 158 cm³/mol. The second-order valence-electron chi connectivity index (χ2n) is 10.3. The van der Waals surface area contributed by atoms with Gasteiger partial charge in [0.15, 0.2) is 11.6 Å². The minimum atomic E-state index is -1.30. The number of halogens is 3. The molecule has 0 radical (unpaired) electrons. The van der Waals surface area contributed by atoms with Gasteiger partial charge in [-0.25, -0.2) is 8.78 Å². The molecule has 0 atom stereocenters. The first-order chi connectivity index (χ1) is 19.4. The molecule has 1 fully saturated rings. The van der Waals surface area contributed by atoms with E-state index >= 15 is 0 Å². The van der Waals surface area contributed by atoms with Crippen LogP contribution in [0.25, 0.3) is 28.4 Å². The third-order valence-electron chi connectivity index (χ3n) is 6.79. The van der Waals surface area contributed by atoms with Gasteiger partial charge in [-0.15, -0.1) is 0 Å². The summed E-state index contributed by atoms with van der Waals surface area (Å²) in [4.78, 5) is 40.2. The van der Waals surface area contributed by atoms with Gasteiger partial charge < -0.3 is 14.6 Å². The quantitative estimate of drug-likeness (QED) is 0.209. The topological polar surface area (TPSA) is 84.5 Å². The van der Waals surface area contributed by atoms with E-state index in [0.29, 0.717) is 24.6 Å². The average molecular weight is 582 g/mol. The van der Waals surface area contributed by atoms with Crippen molar-refractivity contribution < 1.29 is 18.7 Å². The SMILES string of the molecule is C=CC(=O)N1CC(Cn2c(=O)c(=O)n(/C=C(C)/C=C\C=C\C(C)C)c3cc(-c4c(O)ccc(F)c4F)c(Cl)cc32)C1. The fraction of sp³-hybridized carbons (Fsp3) is 0.258. The Balaban J connectivity index is 1.93. The number of amides is 1. The smallest absolute Gasteiger partial charge is 0.321 e. The largest absolute Gasteiger partial charge is 0.507 e. The molecular formula is C31H30ClF2N3O4. The van der Waals surface area contributed by atoms with Crippen molar-refractivity contribution in [2.45, 2.75) is 27.3 Å². The van der Waals surface area contributed by atoms with Gasteiger partial charge in [0.1, 0.15) is 5.75 Å². The molecule has 1 amide bonds. The molecule has 0 unspecified atom stereocenters. The lowest BCUT2D eigenvalue weighted by Crippen LogP contribution is -2.52. The molecule has 0 spiro atoms. The number of fused-ring (bicyclic) bond motifs is 1. The van der Waals surface area contributed by atoms with Crippen molar-refractivity contribution in [1.82, 2.24) is 14.0 Å². The van der Waals surface area contributed by atoms with Crippen LogP contribution in [0, 0.1) is 23.5 Å². The van der Waals surface area contributed by atoms with Crippen molar-refractivity contribution in [1.29, 1.82) is 0 Å². The van der Waals surface area contributed by atoms with Gasteiger partial charge in [0.05, 0.1) is 21.6 Å². The van der Waals surface area contributed by atoms with Gasteiger partial charge in [0, 0.05) is 37.3 Å². The predicted octanol–water partition coefficient (Wildman–Crippen LogP) is 5.74. The summed E-state index contributed by atoms with van der Waals surface area (Å²) in [7, 11) is 0. The molecule has 1 aliphatic heterocycles. The van der Waals surface area contributed by atoms with E-state index in [9.17, 15) is 28.3 Å². The van der Waals surface area contributed by atoms with Gasteiger partial charge in [0.2, 0.25) is 5.91 Å². The molecule has 2 aromatic carbocycles. The van der Waals surface area contributed by atoms with Crippen molar-refractivity contribution >= 4 is 34.7 Å². The van der Waals surface area contributed by atoms with E-state index in [0.717, 1.165) is 16.7 Å². The fourth-order valence-electron chi connectivity index (χ4n) is 4.69. The molecule has 2 heterocycles. The van der Waals surface area contributed by atoms with Crippen molar-refractivity contribution in [3.05, 3.63) is 104 Å². The lowest BCUT2D eigenvalue weighted by atomic mass is 9.99. The van der Waals surface area contributed by atoms with Crippen LogP contribution < -0.4 is 11.1 Å². The van der Waals surface area contributed by atoms with E-state index in [-0.39, 0.29) is 40.0 Å². The minimum Gasteiger partial charge on any atom is -0.507 e. The molecule has 3 aromatic rings. The molecule has 1 aliphatic rings. The van der Waals surface area contributed by atoms with Gasteiger partial charge in [-0.05, 0) is 48.8 Å². The first kappa shape index (κ1) is 29.7. The summed E-state index contributed by atoms with van der Waals surface area (Å²) in [6.07, 6.45) is 10.1. The first-order valence-corrected chi connectivity index (χ1v) is 13.4. The number of benzene rings is 2. The summed E-state index contributed by atoms with van der Waals surface area (Å²) in [5, 5.41) is 10.3. The summed E-state index contributed by atoms with van der Waals surface area (Å²) in [6, 6.07) is 4.55. The van der Waals surface area contributed by atoms with E-state index in [2.05, 4.69) is 6.58 Å². The van der Waals surface area contributed by atoms with E-state index in [1.165, 1.54) is 29.0 Å². The Morgan fingerprint density at radius 3 is 2.51 bits per heavy atom. The molecular weight excluding hydrogens is 552 g/mol. The Labute approximate surface area is 240 Å². The van der Waals surface area contributed by atoms with Gasteiger partial charge in [-0.1, -0.05) is 56.3 Å². The summed E-state index contributed by atoms with van der Waals surface area (Å²) in [6.45, 7) is 10.2. The number of aromatic hydroxyl groups is 1. The number of phenolic OH excluding ortho intramolecular Hbond substituents is 1. The number of hydrogen-bond donors (Lipinski definition) is 1. The molecule has 214 valence electrons. The number of carbonyl (C=O) groups is 1. The van der Waals surface area contributed by atoms with Gasteiger partial charge in [-0.2, -0.15) is 0 Å². The van der Waals surface area contributed by atoms with Crippen LogP contribution in [0.2, 0.25) is 5.02 Å². The molecule has 1 saturated heterocycles. The highest BCUT2D eigenvalue weighted by molar-refractivity contribution is 6.34. The van der Waals surface area contributed by atoms with Crippen LogP contribution in [0.5, 0.6) is 5.75 Å². The van der Waals surface area contributed by atoms with Crippen LogP contribution in [-0.2, 0) is 11.3 Å². The Morgan fingerprint density at radius 2 is 1.85 bits per heavy atom. The zero-order valence-electron chi connectivity index (χ0n) is 22.9. The van der Waals surface area contributed by atoms with Crippen LogP contribution in [0.3, 0.4) is 0 Å². The first-order valence-electron chi connectivity index (χ1n) is 13.0. The summed E-state index contributed by atoms with van der Waals surface area (Å²) >= 11 is 6.53. The standard InChI is InChI=1S/C31H30ClF2N3O4/c1-5-27(39)35-15-20(16-35)17-37-25-13-22(32)21(28-26(38)11-10-23(33)29(28)34)12-24(25)36(30(40)31(37)41)14-19(4)9-7-6-8-18(2)3/h5-14,18,20,38H,1,15-17H2,2-4H3/b8-6+,9-7-,19-14+. The Kier molecular flexibility index (Phi) is 8.77. The summed E-state index contributed by atoms with van der Waals surface area (Å²) in [5.74, 6) is -3.01. The van der Waals surface area contributed by atoms with Crippen LogP contribution in [0.15, 0.2) is 76.4 Å². The van der Waals surface area contributed by atoms with Gasteiger partial charge in [-0.3, -0.25) is 19.0 Å². The molecule has 10 heteroatoms. The summed E-state index contributed by atoms with van der Waals surface area (Å²) < 4.78 is 31.4. The number of hydrogen-bond acceptors (Lipinski definition) is 4. The van der Waals surface area contributed by atoms with Crippen molar-refractivity contribution in [3.63, 3.8) is 0 Å². The van der Waals surface area contributed by atoms with Crippen molar-refractivity contribution in [2.24, 2.45) is 11.8 Å². The number of allylic oxidation sites excluding steroid dienone is 5. The zero-order valence-corrected chi connectivity index (χ0v) is 23.7. The zero-order chi connectivity index (χ0) is 30.0. The Hall–Kier alpha value is -4.24. The minimum absolute atomic E-state index is 0.0557. The molecule has 0 saturated carbocycles. The Bertz CT molecular complexity index is 1740. The van der Waals surface area contributed by atoms with Gasteiger partial charge >= 0.3 is 11.1 Å². The summed E-state index contributed by atoms with van der Waals surface area (Å²) in [5.41, 5.74) is -1.08. The molecule has 1 N–H and O–H groups in total. The highest BCUT2D eigenvalue weighted by Crippen LogP contribution is 2.39. The molecule has 4 rings (SSSR count). The van der Waals surface area contributed by atoms with Crippen LogP contribution >= 0.6 is 11.6 Å². The van der Waals surface area contributed by atoms with Gasteiger partial charge in [0.25, 0.3) is 0 Å². The van der Waals surface area contributed by atoms with Crippen LogP contribution in [-0.4, -0.2) is 38.1 Å². The highest BCUT2D eigenvalue weighted by Gasteiger charge is 2.31. The fourth-order valence-corrected chi connectivity index (χ4v) is 4.94. The van der Waals surface area contributed by atoms with E-state index < -0.39 is 34.1 Å².